The molecule has 0 unspecified atom stereocenters. The van der Waals surface area contributed by atoms with Gasteiger partial charge < -0.3 is 9.47 Å². The van der Waals surface area contributed by atoms with E-state index in [4.69, 9.17) is 9.47 Å². The summed E-state index contributed by atoms with van der Waals surface area (Å²) in [6.45, 7) is 0. The van der Waals surface area contributed by atoms with Gasteiger partial charge >= 0.3 is 0 Å². The highest BCUT2D eigenvalue weighted by Crippen LogP contribution is 2.11. The average Bonchev–Trinajstić information content (AvgIpc) is 2.71. The molecule has 4 heteroatoms. The predicted molar refractivity (Wildman–Crippen MR) is 100.0 cm³/mol. The highest BCUT2D eigenvalue weighted by molar-refractivity contribution is 5.49. The third-order valence-corrected chi connectivity index (χ3v) is 3.46. The maximum Gasteiger partial charge on any atom is 0.138 e. The van der Waals surface area contributed by atoms with Crippen LogP contribution in [-0.4, -0.2) is 24.2 Å². The number of rotatable bonds is 2. The second kappa shape index (κ2) is 8.37. The zero-order valence-electron chi connectivity index (χ0n) is 14.5. The number of hydrogen-bond donors (Lipinski definition) is 0. The van der Waals surface area contributed by atoms with E-state index >= 15 is 0 Å². The molecule has 0 bridgehead atoms. The molecule has 0 atom stereocenters. The van der Waals surface area contributed by atoms with Gasteiger partial charge in [0, 0.05) is 34.6 Å². The van der Waals surface area contributed by atoms with Gasteiger partial charge in [-0.2, -0.15) is 0 Å². The summed E-state index contributed by atoms with van der Waals surface area (Å²) in [5.41, 5.74) is 3.35. The van der Waals surface area contributed by atoms with Crippen LogP contribution in [0.15, 0.2) is 61.2 Å². The Morgan fingerprint density at radius 2 is 1.08 bits per heavy atom. The Kier molecular flexibility index (Phi) is 5.50. The Balaban J connectivity index is 1.81. The topological polar surface area (TPSA) is 44.2 Å². The van der Waals surface area contributed by atoms with E-state index < -0.39 is 0 Å². The molecule has 0 fully saturated rings. The van der Waals surface area contributed by atoms with Crippen molar-refractivity contribution in [2.75, 3.05) is 14.2 Å². The maximum atomic E-state index is 5.15. The van der Waals surface area contributed by atoms with Gasteiger partial charge in [-0.1, -0.05) is 29.7 Å². The van der Waals surface area contributed by atoms with Crippen LogP contribution in [0, 0.1) is 23.7 Å². The summed E-state index contributed by atoms with van der Waals surface area (Å²) in [7, 11) is 3.21. The van der Waals surface area contributed by atoms with Crippen molar-refractivity contribution in [3.05, 3.63) is 83.4 Å². The minimum Gasteiger partial charge on any atom is -0.495 e. The van der Waals surface area contributed by atoms with Gasteiger partial charge in [0.1, 0.15) is 11.5 Å². The van der Waals surface area contributed by atoms with E-state index in [9.17, 15) is 0 Å². The highest BCUT2D eigenvalue weighted by Gasteiger charge is 1.95. The van der Waals surface area contributed by atoms with E-state index in [1.807, 2.05) is 36.4 Å². The summed E-state index contributed by atoms with van der Waals surface area (Å²) in [5.74, 6) is 13.8. The van der Waals surface area contributed by atoms with Gasteiger partial charge in [-0.05, 0) is 30.3 Å². The van der Waals surface area contributed by atoms with E-state index in [1.165, 1.54) is 0 Å². The van der Waals surface area contributed by atoms with E-state index in [0.717, 1.165) is 22.3 Å². The lowest BCUT2D eigenvalue weighted by Crippen LogP contribution is -1.86. The van der Waals surface area contributed by atoms with Gasteiger partial charge in [-0.25, -0.2) is 0 Å². The molecule has 3 rings (SSSR count). The van der Waals surface area contributed by atoms with Crippen LogP contribution in [-0.2, 0) is 0 Å². The Morgan fingerprint density at radius 1 is 0.615 bits per heavy atom. The molecule has 0 N–H and O–H groups in total. The molecule has 2 heterocycles. The minimum absolute atomic E-state index is 0.684. The van der Waals surface area contributed by atoms with E-state index in [0.29, 0.717) is 11.5 Å². The summed E-state index contributed by atoms with van der Waals surface area (Å²) in [6, 6.07) is 11.5. The van der Waals surface area contributed by atoms with Crippen molar-refractivity contribution in [3.63, 3.8) is 0 Å². The van der Waals surface area contributed by atoms with Crippen molar-refractivity contribution in [3.8, 4) is 35.2 Å². The molecule has 26 heavy (non-hydrogen) atoms. The molecule has 0 spiro atoms. The predicted octanol–water partition coefficient (Wildman–Crippen LogP) is 3.29. The normalized spacial score (nSPS) is 9.31. The third kappa shape index (κ3) is 4.63. The molecule has 0 amide bonds. The number of pyridine rings is 2. The molecule has 0 radical (unpaired) electrons. The molecule has 2 aromatic heterocycles. The first-order chi connectivity index (χ1) is 12.8. The maximum absolute atomic E-state index is 5.15. The monoisotopic (exact) mass is 340 g/mol. The lowest BCUT2D eigenvalue weighted by atomic mass is 10.1. The fourth-order valence-corrected chi connectivity index (χ4v) is 2.16. The van der Waals surface area contributed by atoms with Crippen LogP contribution in [0.4, 0.5) is 0 Å². The first kappa shape index (κ1) is 17.1. The molecule has 0 saturated heterocycles. The van der Waals surface area contributed by atoms with Crippen molar-refractivity contribution < 1.29 is 9.47 Å². The molecular weight excluding hydrogens is 324 g/mol. The van der Waals surface area contributed by atoms with Crippen molar-refractivity contribution in [1.82, 2.24) is 9.97 Å². The molecule has 126 valence electrons. The van der Waals surface area contributed by atoms with E-state index in [1.54, 1.807) is 39.0 Å². The lowest BCUT2D eigenvalue weighted by Gasteiger charge is -1.98. The van der Waals surface area contributed by atoms with Crippen LogP contribution >= 0.6 is 0 Å². The zero-order chi connectivity index (χ0) is 18.2. The molecule has 0 aliphatic heterocycles. The fourth-order valence-electron chi connectivity index (χ4n) is 2.16. The number of ether oxygens (including phenoxy) is 2. The van der Waals surface area contributed by atoms with E-state index in [-0.39, 0.29) is 0 Å². The van der Waals surface area contributed by atoms with Gasteiger partial charge in [0.05, 0.1) is 26.6 Å². The standard InChI is InChI=1S/C22H16N2O2/c1-25-21-11-19(13-23-15-21)8-6-17-4-3-5-18(10-17)7-9-20-12-22(26-2)16-24-14-20/h3-5,10-16H,1-2H3. The van der Waals surface area contributed by atoms with Crippen LogP contribution in [0.5, 0.6) is 11.5 Å². The first-order valence-corrected chi connectivity index (χ1v) is 7.89. The average molecular weight is 340 g/mol. The van der Waals surface area contributed by atoms with Gasteiger partial charge in [0.2, 0.25) is 0 Å². The van der Waals surface area contributed by atoms with Gasteiger partial charge in [0.15, 0.2) is 0 Å². The second-order valence-electron chi connectivity index (χ2n) is 5.31. The Hall–Kier alpha value is -3.76. The number of benzene rings is 1. The van der Waals surface area contributed by atoms with Crippen molar-refractivity contribution in [2.24, 2.45) is 0 Å². The SMILES string of the molecule is COc1cncc(C#Cc2cccc(C#Cc3cncc(OC)c3)c2)c1. The summed E-state index contributed by atoms with van der Waals surface area (Å²) < 4.78 is 10.3. The summed E-state index contributed by atoms with van der Waals surface area (Å²) in [4.78, 5) is 8.19. The second-order valence-corrected chi connectivity index (χ2v) is 5.31. The van der Waals surface area contributed by atoms with Crippen molar-refractivity contribution in [2.45, 2.75) is 0 Å². The zero-order valence-corrected chi connectivity index (χ0v) is 14.5. The molecule has 1 aromatic carbocycles. The fraction of sp³-hybridized carbons (Fsp3) is 0.0909. The smallest absolute Gasteiger partial charge is 0.138 e. The van der Waals surface area contributed by atoms with E-state index in [2.05, 4.69) is 33.6 Å². The largest absolute Gasteiger partial charge is 0.495 e. The molecule has 0 aliphatic carbocycles. The Bertz CT molecular complexity index is 956. The molecule has 4 nitrogen and oxygen atoms in total. The summed E-state index contributed by atoms with van der Waals surface area (Å²) in [5, 5.41) is 0. The molecule has 3 aromatic rings. The van der Waals surface area contributed by atoms with Crippen LogP contribution in [0.3, 0.4) is 0 Å². The summed E-state index contributed by atoms with van der Waals surface area (Å²) in [6.07, 6.45) is 6.70. The molecular formula is C22H16N2O2. The quantitative estimate of drug-likeness (QED) is 0.672. The van der Waals surface area contributed by atoms with Crippen molar-refractivity contribution >= 4 is 0 Å². The molecule has 0 aliphatic rings. The number of methoxy groups -OCH3 is 2. The van der Waals surface area contributed by atoms with Gasteiger partial charge in [-0.15, -0.1) is 0 Å². The number of nitrogens with zero attached hydrogens (tertiary/aromatic N) is 2. The van der Waals surface area contributed by atoms with Crippen molar-refractivity contribution in [1.29, 1.82) is 0 Å². The highest BCUT2D eigenvalue weighted by atomic mass is 16.5. The van der Waals surface area contributed by atoms with Crippen LogP contribution in [0.1, 0.15) is 22.3 Å². The summed E-state index contributed by atoms with van der Waals surface area (Å²) >= 11 is 0. The van der Waals surface area contributed by atoms with Crippen LogP contribution in [0.25, 0.3) is 0 Å². The lowest BCUT2D eigenvalue weighted by molar-refractivity contribution is 0.412. The van der Waals surface area contributed by atoms with Gasteiger partial charge in [-0.3, -0.25) is 9.97 Å². The number of hydrogen-bond acceptors (Lipinski definition) is 4. The minimum atomic E-state index is 0.684. The van der Waals surface area contributed by atoms with Crippen LogP contribution < -0.4 is 9.47 Å². The Morgan fingerprint density at radius 3 is 1.54 bits per heavy atom. The first-order valence-electron chi connectivity index (χ1n) is 7.89. The molecule has 0 saturated carbocycles. The van der Waals surface area contributed by atoms with Gasteiger partial charge in [0.25, 0.3) is 0 Å². The van der Waals surface area contributed by atoms with Crippen LogP contribution in [0.2, 0.25) is 0 Å². The third-order valence-electron chi connectivity index (χ3n) is 3.46. The Labute approximate surface area is 152 Å². The number of aromatic nitrogens is 2.